The lowest BCUT2D eigenvalue weighted by Crippen LogP contribution is -2.43. The van der Waals surface area contributed by atoms with Gasteiger partial charge >= 0.3 is 0 Å². The van der Waals surface area contributed by atoms with Crippen LogP contribution in [0.3, 0.4) is 0 Å². The third-order valence-corrected chi connectivity index (χ3v) is 3.52. The lowest BCUT2D eigenvalue weighted by atomic mass is 10.0. The van der Waals surface area contributed by atoms with Crippen LogP contribution in [-0.2, 0) is 0 Å². The van der Waals surface area contributed by atoms with E-state index >= 15 is 0 Å². The van der Waals surface area contributed by atoms with Gasteiger partial charge in [0.05, 0.1) is 18.0 Å². The van der Waals surface area contributed by atoms with Gasteiger partial charge in [0.25, 0.3) is 0 Å². The minimum atomic E-state index is -0.852. The van der Waals surface area contributed by atoms with Gasteiger partial charge in [-0.1, -0.05) is 13.3 Å². The molecule has 2 rings (SSSR count). The Morgan fingerprint density at radius 3 is 2.74 bits per heavy atom. The van der Waals surface area contributed by atoms with Gasteiger partial charge in [-0.2, -0.15) is 0 Å². The number of aromatic nitrogens is 1. The van der Waals surface area contributed by atoms with Gasteiger partial charge in [0.2, 0.25) is 0 Å². The highest BCUT2D eigenvalue weighted by Crippen LogP contribution is 2.23. The Morgan fingerprint density at radius 2 is 2.05 bits per heavy atom. The zero-order valence-corrected chi connectivity index (χ0v) is 11.4. The number of nitrogens with zero attached hydrogens (tertiary/aromatic N) is 2. The average molecular weight is 265 g/mol. The molecule has 1 aromatic heterocycles. The molecule has 0 aromatic carbocycles. The van der Waals surface area contributed by atoms with E-state index in [1.54, 1.807) is 6.20 Å². The molecular formula is C14H23N3O2. The molecular weight excluding hydrogens is 242 g/mol. The summed E-state index contributed by atoms with van der Waals surface area (Å²) in [5, 5.41) is 23.3. The first-order valence-electron chi connectivity index (χ1n) is 6.99. The number of hydrogen-bond acceptors (Lipinski definition) is 5. The Labute approximate surface area is 114 Å². The van der Waals surface area contributed by atoms with Gasteiger partial charge in [-0.15, -0.1) is 0 Å². The Hall–Kier alpha value is -1.17. The molecule has 1 fully saturated rings. The third kappa shape index (κ3) is 3.65. The van der Waals surface area contributed by atoms with E-state index in [1.807, 2.05) is 19.2 Å². The minimum absolute atomic E-state index is 0.596. The standard InChI is InChI=1S/C14H23N3O2/c1-2-3-13(18)14(19)11-8-12(10-16-9-11)17-6-4-15-5-7-17/h8-10,13-15,18-19H,2-7H2,1H3. The molecule has 2 atom stereocenters. The maximum absolute atomic E-state index is 10.1. The molecule has 19 heavy (non-hydrogen) atoms. The van der Waals surface area contributed by atoms with Crippen molar-refractivity contribution in [2.75, 3.05) is 31.1 Å². The molecule has 0 bridgehead atoms. The maximum atomic E-state index is 10.1. The Bertz CT molecular complexity index is 394. The maximum Gasteiger partial charge on any atom is 0.106 e. The molecule has 1 saturated heterocycles. The van der Waals surface area contributed by atoms with Crippen molar-refractivity contribution in [3.05, 3.63) is 24.0 Å². The van der Waals surface area contributed by atoms with E-state index in [2.05, 4.69) is 15.2 Å². The van der Waals surface area contributed by atoms with Crippen LogP contribution >= 0.6 is 0 Å². The Kier molecular flexibility index (Phi) is 5.13. The molecule has 0 amide bonds. The topological polar surface area (TPSA) is 68.6 Å². The van der Waals surface area contributed by atoms with E-state index in [0.717, 1.165) is 38.3 Å². The van der Waals surface area contributed by atoms with E-state index in [-0.39, 0.29) is 0 Å². The van der Waals surface area contributed by atoms with Crippen LogP contribution in [0.5, 0.6) is 0 Å². The molecule has 5 nitrogen and oxygen atoms in total. The normalized spacial score (nSPS) is 19.2. The molecule has 1 aromatic rings. The molecule has 0 spiro atoms. The van der Waals surface area contributed by atoms with Crippen LogP contribution in [0.25, 0.3) is 0 Å². The fourth-order valence-corrected chi connectivity index (χ4v) is 2.38. The molecule has 2 unspecified atom stereocenters. The van der Waals surface area contributed by atoms with Gasteiger partial charge < -0.3 is 20.4 Å². The summed E-state index contributed by atoms with van der Waals surface area (Å²) >= 11 is 0. The smallest absolute Gasteiger partial charge is 0.106 e. The SMILES string of the molecule is CCCC(O)C(O)c1cncc(N2CCNCC2)c1. The summed E-state index contributed by atoms with van der Waals surface area (Å²) in [4.78, 5) is 6.43. The first kappa shape index (κ1) is 14.2. The monoisotopic (exact) mass is 265 g/mol. The van der Waals surface area contributed by atoms with Crippen LogP contribution in [-0.4, -0.2) is 47.5 Å². The van der Waals surface area contributed by atoms with Gasteiger partial charge in [0.1, 0.15) is 6.10 Å². The number of nitrogens with one attached hydrogen (secondary N) is 1. The van der Waals surface area contributed by atoms with E-state index in [0.29, 0.717) is 12.0 Å². The third-order valence-electron chi connectivity index (χ3n) is 3.52. The van der Waals surface area contributed by atoms with Crippen LogP contribution in [0, 0.1) is 0 Å². The second kappa shape index (κ2) is 6.84. The number of piperazine rings is 1. The number of hydrogen-bond donors (Lipinski definition) is 3. The molecule has 0 aliphatic carbocycles. The fraction of sp³-hybridized carbons (Fsp3) is 0.643. The molecule has 1 aliphatic heterocycles. The summed E-state index contributed by atoms with van der Waals surface area (Å²) in [7, 11) is 0. The van der Waals surface area contributed by atoms with Crippen molar-refractivity contribution in [1.29, 1.82) is 0 Å². The van der Waals surface area contributed by atoms with E-state index in [4.69, 9.17) is 0 Å². The number of rotatable bonds is 5. The molecule has 3 N–H and O–H groups in total. The summed E-state index contributed by atoms with van der Waals surface area (Å²) in [6, 6.07) is 1.93. The number of aliphatic hydroxyl groups is 2. The fourth-order valence-electron chi connectivity index (χ4n) is 2.38. The van der Waals surface area contributed by atoms with Crippen molar-refractivity contribution in [2.45, 2.75) is 32.0 Å². The van der Waals surface area contributed by atoms with Gasteiger partial charge in [-0.3, -0.25) is 4.98 Å². The van der Waals surface area contributed by atoms with Crippen molar-refractivity contribution >= 4 is 5.69 Å². The number of anilines is 1. The second-order valence-corrected chi connectivity index (χ2v) is 5.01. The predicted molar refractivity (Wildman–Crippen MR) is 75.2 cm³/mol. The zero-order valence-electron chi connectivity index (χ0n) is 11.4. The summed E-state index contributed by atoms with van der Waals surface area (Å²) in [5.74, 6) is 0. The molecule has 1 aliphatic rings. The minimum Gasteiger partial charge on any atom is -0.390 e. The molecule has 2 heterocycles. The zero-order chi connectivity index (χ0) is 13.7. The first-order valence-corrected chi connectivity index (χ1v) is 6.99. The lowest BCUT2D eigenvalue weighted by Gasteiger charge is -2.29. The summed E-state index contributed by atoms with van der Waals surface area (Å²) in [5.41, 5.74) is 1.71. The van der Waals surface area contributed by atoms with E-state index in [9.17, 15) is 10.2 Å². The van der Waals surface area contributed by atoms with E-state index < -0.39 is 12.2 Å². The molecule has 5 heteroatoms. The van der Waals surface area contributed by atoms with Crippen LogP contribution in [0.1, 0.15) is 31.4 Å². The van der Waals surface area contributed by atoms with Crippen molar-refractivity contribution in [1.82, 2.24) is 10.3 Å². The Balaban J connectivity index is 2.09. The average Bonchev–Trinajstić information content (AvgIpc) is 2.48. The number of aliphatic hydroxyl groups excluding tert-OH is 2. The highest BCUT2D eigenvalue weighted by Gasteiger charge is 2.19. The molecule has 0 radical (unpaired) electrons. The van der Waals surface area contributed by atoms with Crippen LogP contribution in [0.15, 0.2) is 18.5 Å². The lowest BCUT2D eigenvalue weighted by molar-refractivity contribution is 0.0129. The summed E-state index contributed by atoms with van der Waals surface area (Å²) in [6.45, 7) is 5.80. The Morgan fingerprint density at radius 1 is 1.32 bits per heavy atom. The highest BCUT2D eigenvalue weighted by atomic mass is 16.3. The van der Waals surface area contributed by atoms with Gasteiger partial charge in [-0.05, 0) is 12.5 Å². The quantitative estimate of drug-likeness (QED) is 0.730. The van der Waals surface area contributed by atoms with Crippen molar-refractivity contribution in [2.24, 2.45) is 0 Å². The van der Waals surface area contributed by atoms with Crippen molar-refractivity contribution < 1.29 is 10.2 Å². The number of pyridine rings is 1. The van der Waals surface area contributed by atoms with Gasteiger partial charge in [0.15, 0.2) is 0 Å². The van der Waals surface area contributed by atoms with Crippen LogP contribution in [0.2, 0.25) is 0 Å². The molecule has 0 saturated carbocycles. The largest absolute Gasteiger partial charge is 0.390 e. The van der Waals surface area contributed by atoms with Gasteiger partial charge in [0, 0.05) is 37.9 Å². The van der Waals surface area contributed by atoms with Crippen LogP contribution in [0.4, 0.5) is 5.69 Å². The van der Waals surface area contributed by atoms with Crippen molar-refractivity contribution in [3.8, 4) is 0 Å². The summed E-state index contributed by atoms with van der Waals surface area (Å²) < 4.78 is 0. The van der Waals surface area contributed by atoms with E-state index in [1.165, 1.54) is 0 Å². The highest BCUT2D eigenvalue weighted by molar-refractivity contribution is 5.47. The van der Waals surface area contributed by atoms with Crippen molar-refractivity contribution in [3.63, 3.8) is 0 Å². The first-order chi connectivity index (χ1) is 9.22. The summed E-state index contributed by atoms with van der Waals surface area (Å²) in [6.07, 6.45) is 3.32. The predicted octanol–water partition coefficient (Wildman–Crippen LogP) is 0.686. The van der Waals surface area contributed by atoms with Gasteiger partial charge in [-0.25, -0.2) is 0 Å². The second-order valence-electron chi connectivity index (χ2n) is 5.01. The van der Waals surface area contributed by atoms with Crippen LogP contribution < -0.4 is 10.2 Å². The molecule has 106 valence electrons.